The Kier molecular flexibility index (Phi) is 10.7. The summed E-state index contributed by atoms with van der Waals surface area (Å²) in [7, 11) is 0. The summed E-state index contributed by atoms with van der Waals surface area (Å²) in [6.45, 7) is 2.03. The van der Waals surface area contributed by atoms with E-state index in [9.17, 15) is 19.8 Å². The number of rotatable bonds is 12. The minimum absolute atomic E-state index is 0.213. The molecule has 0 unspecified atom stereocenters. The van der Waals surface area contributed by atoms with Crippen molar-refractivity contribution in [3.8, 4) is 22.5 Å². The maximum Gasteiger partial charge on any atom is 0.256 e. The number of aliphatic hydroxyl groups excluding tert-OH is 2. The molecule has 2 aromatic heterocycles. The molecule has 0 saturated carbocycles. The van der Waals surface area contributed by atoms with Gasteiger partial charge < -0.3 is 34.7 Å². The van der Waals surface area contributed by atoms with Crippen LogP contribution in [-0.4, -0.2) is 64.9 Å². The van der Waals surface area contributed by atoms with Crippen molar-refractivity contribution in [2.24, 2.45) is 0 Å². The first-order chi connectivity index (χ1) is 26.9. The zero-order valence-electron chi connectivity index (χ0n) is 30.4. The van der Waals surface area contributed by atoms with Crippen LogP contribution in [0, 0.1) is 0 Å². The lowest BCUT2D eigenvalue weighted by Crippen LogP contribution is -2.35. The third-order valence-corrected chi connectivity index (χ3v) is 10.6. The highest BCUT2D eigenvalue weighted by atomic mass is 16.5. The second-order valence-corrected chi connectivity index (χ2v) is 14.3. The number of hydrogen-bond acceptors (Lipinski definition) is 7. The normalized spacial score (nSPS) is 18.1. The van der Waals surface area contributed by atoms with Crippen LogP contribution in [-0.2, 0) is 27.5 Å². The van der Waals surface area contributed by atoms with Crippen LogP contribution in [0.25, 0.3) is 22.5 Å². The van der Waals surface area contributed by atoms with Crippen molar-refractivity contribution in [1.29, 1.82) is 0 Å². The molecule has 0 spiro atoms. The summed E-state index contributed by atoms with van der Waals surface area (Å²) in [5, 5.41) is 21.5. The van der Waals surface area contributed by atoms with E-state index in [4.69, 9.17) is 4.74 Å². The van der Waals surface area contributed by atoms with Crippen molar-refractivity contribution in [2.45, 2.75) is 63.2 Å². The van der Waals surface area contributed by atoms with Crippen molar-refractivity contribution >= 4 is 11.8 Å². The SMILES string of the molecule is O=C([C@H](O)c1ccccc1)N1CCC[C@H]1c1ncc(-c2ccc(COCc3cccc(-c4cnc([C@@H]5CCCN5C(=O)[C@H](O)c5ccccc5)[nH]4)c3)cc2)[nH]1. The Morgan fingerprint density at radius 2 is 1.15 bits per heavy atom. The molecule has 2 aliphatic heterocycles. The summed E-state index contributed by atoms with van der Waals surface area (Å²) >= 11 is 0. The number of carbonyl (C=O) groups excluding carboxylic acids is 2. The van der Waals surface area contributed by atoms with E-state index in [1.165, 1.54) is 0 Å². The Labute approximate surface area is 319 Å². The van der Waals surface area contributed by atoms with E-state index in [1.807, 2.05) is 78.9 Å². The molecular weight excluding hydrogens is 693 g/mol. The topological polar surface area (TPSA) is 148 Å². The summed E-state index contributed by atoms with van der Waals surface area (Å²) in [4.78, 5) is 46.1. The highest BCUT2D eigenvalue weighted by Crippen LogP contribution is 2.35. The van der Waals surface area contributed by atoms with Crippen LogP contribution in [0.2, 0.25) is 0 Å². The van der Waals surface area contributed by atoms with E-state index >= 15 is 0 Å². The number of aromatic amines is 2. The minimum atomic E-state index is -1.20. The molecule has 280 valence electrons. The van der Waals surface area contributed by atoms with E-state index < -0.39 is 12.2 Å². The summed E-state index contributed by atoms with van der Waals surface area (Å²) < 4.78 is 6.11. The zero-order chi connectivity index (χ0) is 37.7. The first kappa shape index (κ1) is 36.1. The van der Waals surface area contributed by atoms with Gasteiger partial charge in [-0.3, -0.25) is 9.59 Å². The molecular formula is C44H44N6O5. The van der Waals surface area contributed by atoms with E-state index in [0.29, 0.717) is 43.3 Å². The maximum atomic E-state index is 13.3. The Bertz CT molecular complexity index is 2220. The second kappa shape index (κ2) is 16.2. The molecule has 2 amide bonds. The Morgan fingerprint density at radius 1 is 0.636 bits per heavy atom. The van der Waals surface area contributed by atoms with E-state index in [1.54, 1.807) is 46.5 Å². The molecule has 4 atom stereocenters. The summed E-state index contributed by atoms with van der Waals surface area (Å²) in [6, 6.07) is 33.9. The minimum Gasteiger partial charge on any atom is -0.378 e. The van der Waals surface area contributed by atoms with Crippen LogP contribution >= 0.6 is 0 Å². The number of amides is 2. The molecule has 0 radical (unpaired) electrons. The van der Waals surface area contributed by atoms with Gasteiger partial charge in [-0.25, -0.2) is 9.97 Å². The van der Waals surface area contributed by atoms with Gasteiger partial charge in [0.15, 0.2) is 12.2 Å². The van der Waals surface area contributed by atoms with Crippen LogP contribution in [0.5, 0.6) is 0 Å². The van der Waals surface area contributed by atoms with Crippen molar-refractivity contribution in [2.75, 3.05) is 13.1 Å². The van der Waals surface area contributed by atoms with E-state index in [-0.39, 0.29) is 23.9 Å². The smallest absolute Gasteiger partial charge is 0.256 e. The number of imidazole rings is 2. The van der Waals surface area contributed by atoms with Crippen LogP contribution in [0.4, 0.5) is 0 Å². The molecule has 4 aromatic carbocycles. The van der Waals surface area contributed by atoms with Gasteiger partial charge in [0, 0.05) is 13.1 Å². The van der Waals surface area contributed by atoms with Gasteiger partial charge in [-0.15, -0.1) is 0 Å². The number of H-pyrrole nitrogens is 2. The average molecular weight is 737 g/mol. The molecule has 2 aliphatic rings. The molecule has 2 saturated heterocycles. The summed E-state index contributed by atoms with van der Waals surface area (Å²) in [5.41, 5.74) is 6.90. The first-order valence-corrected chi connectivity index (χ1v) is 18.9. The standard InChI is InChI=1S/C44H44N6O5/c51-39(32-11-3-1-4-12-32)43(53)49-22-8-16-37(49)41-45-25-35(47-41)31-20-18-29(19-21-31)27-55-28-30-10-7-15-34(24-30)36-26-46-42(48-36)38-17-9-23-50(38)44(54)40(52)33-13-5-2-6-14-33/h1-7,10-15,18-21,24-26,37-40,51-52H,8-9,16-17,22-23,27-28H2,(H,45,47)(H,46,48)/t37-,38-,39+,40+/m0/s1. The van der Waals surface area contributed by atoms with Crippen molar-refractivity contribution in [1.82, 2.24) is 29.7 Å². The predicted octanol–water partition coefficient (Wildman–Crippen LogP) is 6.98. The number of likely N-dealkylation sites (tertiary alicyclic amines) is 2. The zero-order valence-corrected chi connectivity index (χ0v) is 30.4. The Hall–Kier alpha value is -5.88. The lowest BCUT2D eigenvalue weighted by Gasteiger charge is -2.25. The maximum absolute atomic E-state index is 13.3. The third kappa shape index (κ3) is 7.86. The number of aromatic nitrogens is 4. The van der Waals surface area contributed by atoms with Gasteiger partial charge in [0.05, 0.1) is 49.1 Å². The molecule has 11 nitrogen and oxygen atoms in total. The molecule has 2 fully saturated rings. The van der Waals surface area contributed by atoms with Crippen molar-refractivity contribution < 1.29 is 24.5 Å². The highest BCUT2D eigenvalue weighted by molar-refractivity contribution is 5.83. The number of nitrogens with zero attached hydrogens (tertiary/aromatic N) is 4. The molecule has 4 N–H and O–H groups in total. The Balaban J connectivity index is 0.853. The average Bonchev–Trinajstić information content (AvgIpc) is 4.08. The molecule has 8 rings (SSSR count). The van der Waals surface area contributed by atoms with Crippen molar-refractivity contribution in [3.63, 3.8) is 0 Å². The van der Waals surface area contributed by atoms with Gasteiger partial charge in [0.2, 0.25) is 0 Å². The first-order valence-electron chi connectivity index (χ1n) is 18.9. The fraction of sp³-hybridized carbons (Fsp3) is 0.273. The Morgan fingerprint density at radius 3 is 1.69 bits per heavy atom. The van der Waals surface area contributed by atoms with Gasteiger partial charge in [0.1, 0.15) is 11.6 Å². The van der Waals surface area contributed by atoms with Crippen LogP contribution in [0.15, 0.2) is 122 Å². The molecule has 4 heterocycles. The largest absolute Gasteiger partial charge is 0.378 e. The monoisotopic (exact) mass is 736 g/mol. The van der Waals surface area contributed by atoms with E-state index in [2.05, 4.69) is 26.0 Å². The van der Waals surface area contributed by atoms with Crippen LogP contribution in [0.1, 0.15) is 83.9 Å². The van der Waals surface area contributed by atoms with Gasteiger partial charge in [0.25, 0.3) is 11.8 Å². The molecule has 55 heavy (non-hydrogen) atoms. The van der Waals surface area contributed by atoms with Gasteiger partial charge in [-0.2, -0.15) is 0 Å². The summed E-state index contributed by atoms with van der Waals surface area (Å²) in [5.74, 6) is 0.821. The van der Waals surface area contributed by atoms with Crippen LogP contribution < -0.4 is 0 Å². The number of carbonyl (C=O) groups is 2. The van der Waals surface area contributed by atoms with Gasteiger partial charge in [-0.1, -0.05) is 103 Å². The number of ether oxygens (including phenoxy) is 1. The second-order valence-electron chi connectivity index (χ2n) is 14.3. The van der Waals surface area contributed by atoms with Crippen LogP contribution in [0.3, 0.4) is 0 Å². The highest BCUT2D eigenvalue weighted by Gasteiger charge is 2.36. The number of aliphatic hydroxyl groups is 2. The third-order valence-electron chi connectivity index (χ3n) is 10.6. The molecule has 0 aliphatic carbocycles. The lowest BCUT2D eigenvalue weighted by molar-refractivity contribution is -0.142. The lowest BCUT2D eigenvalue weighted by atomic mass is 10.1. The fourth-order valence-corrected chi connectivity index (χ4v) is 7.70. The number of nitrogens with one attached hydrogen (secondary N) is 2. The molecule has 6 aromatic rings. The number of benzene rings is 4. The summed E-state index contributed by atoms with van der Waals surface area (Å²) in [6.07, 6.45) is 4.45. The van der Waals surface area contributed by atoms with Gasteiger partial charge in [-0.05, 0) is 65.1 Å². The fourth-order valence-electron chi connectivity index (χ4n) is 7.70. The molecule has 0 bridgehead atoms. The number of hydrogen-bond donors (Lipinski definition) is 4. The van der Waals surface area contributed by atoms with Gasteiger partial charge >= 0.3 is 0 Å². The van der Waals surface area contributed by atoms with Crippen molar-refractivity contribution in [3.05, 3.63) is 155 Å². The van der Waals surface area contributed by atoms with E-state index in [0.717, 1.165) is 65.1 Å². The molecule has 11 heteroatoms. The predicted molar refractivity (Wildman–Crippen MR) is 207 cm³/mol. The quantitative estimate of drug-likeness (QED) is 0.106.